The first-order valence-electron chi connectivity index (χ1n) is 3.13. The van der Waals surface area contributed by atoms with E-state index >= 15 is 0 Å². The predicted octanol–water partition coefficient (Wildman–Crippen LogP) is 1.65. The SMILES string of the molecule is O=C1C=C(P)c2ccc(S)n21. The standard InChI is InChI=1S/C7H6NOPS/c9-6-3-5(10)4-1-2-7(11)8(4)6/h1-3,11H,10H2. The minimum Gasteiger partial charge on any atom is -0.271 e. The molecule has 0 aromatic carbocycles. The van der Waals surface area contributed by atoms with Crippen LogP contribution in [-0.2, 0) is 0 Å². The fraction of sp³-hybridized carbons (Fsp3) is 0. The van der Waals surface area contributed by atoms with Crippen molar-refractivity contribution in [1.82, 2.24) is 4.57 Å². The molecule has 4 heteroatoms. The smallest absolute Gasteiger partial charge is 0.256 e. The summed E-state index contributed by atoms with van der Waals surface area (Å²) in [6, 6.07) is 3.69. The second kappa shape index (κ2) is 2.23. The molecule has 11 heavy (non-hydrogen) atoms. The second-order valence-electron chi connectivity index (χ2n) is 2.35. The van der Waals surface area contributed by atoms with Crippen molar-refractivity contribution in [2.75, 3.05) is 0 Å². The summed E-state index contributed by atoms with van der Waals surface area (Å²) in [6.07, 6.45) is 1.58. The van der Waals surface area contributed by atoms with E-state index in [1.807, 2.05) is 12.1 Å². The van der Waals surface area contributed by atoms with Crippen LogP contribution in [0, 0.1) is 0 Å². The van der Waals surface area contributed by atoms with Gasteiger partial charge in [-0.1, -0.05) is 0 Å². The van der Waals surface area contributed by atoms with E-state index in [4.69, 9.17) is 0 Å². The first-order chi connectivity index (χ1) is 5.20. The van der Waals surface area contributed by atoms with Crippen LogP contribution in [0.1, 0.15) is 10.5 Å². The van der Waals surface area contributed by atoms with Crippen molar-refractivity contribution < 1.29 is 4.79 Å². The van der Waals surface area contributed by atoms with E-state index in [1.165, 1.54) is 0 Å². The van der Waals surface area contributed by atoms with Gasteiger partial charge in [-0.2, -0.15) is 0 Å². The van der Waals surface area contributed by atoms with Gasteiger partial charge in [-0.3, -0.25) is 9.36 Å². The maximum absolute atomic E-state index is 11.2. The lowest BCUT2D eigenvalue weighted by atomic mass is 10.4. The lowest BCUT2D eigenvalue weighted by Gasteiger charge is -1.96. The molecule has 0 aliphatic carbocycles. The van der Waals surface area contributed by atoms with E-state index in [1.54, 1.807) is 10.6 Å². The van der Waals surface area contributed by atoms with E-state index in [0.29, 0.717) is 5.03 Å². The summed E-state index contributed by atoms with van der Waals surface area (Å²) in [6.45, 7) is 0. The number of carbonyl (C=O) groups is 1. The van der Waals surface area contributed by atoms with Crippen LogP contribution >= 0.6 is 21.9 Å². The molecule has 2 heterocycles. The zero-order valence-electron chi connectivity index (χ0n) is 5.61. The molecule has 1 aliphatic rings. The van der Waals surface area contributed by atoms with Crippen LogP contribution in [0.4, 0.5) is 0 Å². The van der Waals surface area contributed by atoms with Gasteiger partial charge in [0.05, 0.1) is 10.7 Å². The molecule has 1 unspecified atom stereocenters. The van der Waals surface area contributed by atoms with Crippen molar-refractivity contribution in [3.63, 3.8) is 0 Å². The Balaban J connectivity index is 2.73. The van der Waals surface area contributed by atoms with Gasteiger partial charge in [0.15, 0.2) is 0 Å². The Morgan fingerprint density at radius 2 is 2.18 bits per heavy atom. The summed E-state index contributed by atoms with van der Waals surface area (Å²) in [5.74, 6) is -0.0139. The molecule has 0 N–H and O–H groups in total. The van der Waals surface area contributed by atoms with Gasteiger partial charge in [-0.05, 0) is 17.4 Å². The highest BCUT2D eigenvalue weighted by atomic mass is 32.1. The number of thiol groups is 1. The highest BCUT2D eigenvalue weighted by Gasteiger charge is 2.18. The molecule has 2 nitrogen and oxygen atoms in total. The van der Waals surface area contributed by atoms with E-state index in [2.05, 4.69) is 21.9 Å². The van der Waals surface area contributed by atoms with Crippen LogP contribution in [0.5, 0.6) is 0 Å². The molecule has 1 aromatic heterocycles. The Morgan fingerprint density at radius 3 is 2.82 bits per heavy atom. The van der Waals surface area contributed by atoms with Crippen molar-refractivity contribution >= 4 is 33.1 Å². The molecule has 2 rings (SSSR count). The van der Waals surface area contributed by atoms with Crippen molar-refractivity contribution in [2.45, 2.75) is 5.03 Å². The van der Waals surface area contributed by atoms with Crippen LogP contribution < -0.4 is 0 Å². The molecule has 1 aromatic rings. The molecular weight excluding hydrogens is 177 g/mol. The normalized spacial score (nSPS) is 15.1. The lowest BCUT2D eigenvalue weighted by molar-refractivity contribution is 0.0966. The first kappa shape index (κ1) is 7.14. The number of hydrogen-bond donors (Lipinski definition) is 1. The highest BCUT2D eigenvalue weighted by Crippen LogP contribution is 2.30. The Labute approximate surface area is 71.9 Å². The highest BCUT2D eigenvalue weighted by molar-refractivity contribution is 7.80. The molecule has 56 valence electrons. The lowest BCUT2D eigenvalue weighted by Crippen LogP contribution is -2.03. The molecule has 0 spiro atoms. The number of fused-ring (bicyclic) bond motifs is 1. The quantitative estimate of drug-likeness (QED) is 0.479. The van der Waals surface area contributed by atoms with Gasteiger partial charge < -0.3 is 0 Å². The van der Waals surface area contributed by atoms with Crippen molar-refractivity contribution in [1.29, 1.82) is 0 Å². The van der Waals surface area contributed by atoms with Crippen LogP contribution in [0.2, 0.25) is 0 Å². The van der Waals surface area contributed by atoms with E-state index in [-0.39, 0.29) is 5.91 Å². The molecule has 1 aliphatic heterocycles. The van der Waals surface area contributed by atoms with Crippen LogP contribution in [0.25, 0.3) is 5.31 Å². The molecule has 1 atom stereocenters. The second-order valence-corrected chi connectivity index (χ2v) is 3.43. The minimum atomic E-state index is -0.0139. The van der Waals surface area contributed by atoms with Crippen LogP contribution in [-0.4, -0.2) is 10.5 Å². The zero-order chi connectivity index (χ0) is 8.01. The van der Waals surface area contributed by atoms with Crippen LogP contribution in [0.3, 0.4) is 0 Å². The number of rotatable bonds is 0. The maximum Gasteiger partial charge on any atom is 0.256 e. The Hall–Kier alpha value is -0.530. The van der Waals surface area contributed by atoms with E-state index in [0.717, 1.165) is 11.0 Å². The molecule has 0 radical (unpaired) electrons. The monoisotopic (exact) mass is 183 g/mol. The van der Waals surface area contributed by atoms with Crippen molar-refractivity contribution in [3.05, 3.63) is 23.9 Å². The summed E-state index contributed by atoms with van der Waals surface area (Å²) in [7, 11) is 2.52. The molecule has 0 bridgehead atoms. The predicted molar refractivity (Wildman–Crippen MR) is 50.0 cm³/mol. The summed E-state index contributed by atoms with van der Waals surface area (Å²) in [5, 5.41) is 1.62. The maximum atomic E-state index is 11.2. The number of aromatic nitrogens is 1. The third-order valence-electron chi connectivity index (χ3n) is 1.66. The fourth-order valence-corrected chi connectivity index (χ4v) is 1.80. The largest absolute Gasteiger partial charge is 0.271 e. The summed E-state index contributed by atoms with van der Waals surface area (Å²) >= 11 is 4.14. The Kier molecular flexibility index (Phi) is 1.44. The average molecular weight is 183 g/mol. The topological polar surface area (TPSA) is 22.0 Å². The number of allylic oxidation sites excluding steroid dienone is 1. The molecule has 0 amide bonds. The van der Waals surface area contributed by atoms with E-state index in [9.17, 15) is 4.79 Å². The van der Waals surface area contributed by atoms with Gasteiger partial charge in [-0.25, -0.2) is 0 Å². The minimum absolute atomic E-state index is 0.0139. The van der Waals surface area contributed by atoms with Crippen molar-refractivity contribution in [2.24, 2.45) is 0 Å². The van der Waals surface area contributed by atoms with Gasteiger partial charge >= 0.3 is 0 Å². The average Bonchev–Trinajstić information content (AvgIpc) is 2.41. The van der Waals surface area contributed by atoms with Gasteiger partial charge in [-0.15, -0.1) is 21.9 Å². The zero-order valence-corrected chi connectivity index (χ0v) is 7.66. The summed E-state index contributed by atoms with van der Waals surface area (Å²) in [5.41, 5.74) is 0.921. The number of nitrogens with zero attached hydrogens (tertiary/aromatic N) is 1. The molecular formula is C7H6NOPS. The Morgan fingerprint density at radius 1 is 1.45 bits per heavy atom. The van der Waals surface area contributed by atoms with Gasteiger partial charge in [0.25, 0.3) is 5.91 Å². The fourth-order valence-electron chi connectivity index (χ4n) is 1.15. The van der Waals surface area contributed by atoms with E-state index < -0.39 is 0 Å². The number of carbonyl (C=O) groups excluding carboxylic acids is 1. The summed E-state index contributed by atoms with van der Waals surface area (Å²) < 4.78 is 1.57. The molecule has 0 saturated heterocycles. The Bertz CT molecular complexity index is 367. The van der Waals surface area contributed by atoms with Crippen LogP contribution in [0.15, 0.2) is 23.2 Å². The number of hydrogen-bond acceptors (Lipinski definition) is 2. The molecule has 0 fully saturated rings. The first-order valence-corrected chi connectivity index (χ1v) is 4.15. The third kappa shape index (κ3) is 0.883. The van der Waals surface area contributed by atoms with Crippen molar-refractivity contribution in [3.8, 4) is 0 Å². The third-order valence-corrected chi connectivity index (χ3v) is 2.47. The summed E-state index contributed by atoms with van der Waals surface area (Å²) in [4.78, 5) is 11.2. The van der Waals surface area contributed by atoms with Gasteiger partial charge in [0.2, 0.25) is 0 Å². The molecule has 0 saturated carbocycles. The van der Waals surface area contributed by atoms with Gasteiger partial charge in [0.1, 0.15) is 0 Å². The van der Waals surface area contributed by atoms with Gasteiger partial charge in [0, 0.05) is 6.08 Å².